The van der Waals surface area contributed by atoms with Crippen molar-refractivity contribution in [1.29, 1.82) is 0 Å². The van der Waals surface area contributed by atoms with Crippen LogP contribution in [0.2, 0.25) is 0 Å². The van der Waals surface area contributed by atoms with Gasteiger partial charge in [0, 0.05) is 13.5 Å². The second kappa shape index (κ2) is 12.3. The van der Waals surface area contributed by atoms with E-state index in [1.54, 1.807) is 0 Å². The van der Waals surface area contributed by atoms with Gasteiger partial charge in [-0.3, -0.25) is 0 Å². The third-order valence-electron chi connectivity index (χ3n) is 4.19. The predicted octanol–water partition coefficient (Wildman–Crippen LogP) is 5.98. The van der Waals surface area contributed by atoms with E-state index in [1.165, 1.54) is 36.8 Å². The van der Waals surface area contributed by atoms with Crippen LogP contribution in [-0.4, -0.2) is 13.2 Å². The van der Waals surface area contributed by atoms with Gasteiger partial charge < -0.3 is 4.74 Å². The lowest BCUT2D eigenvalue weighted by molar-refractivity contribution is 0.115. The van der Waals surface area contributed by atoms with Crippen LogP contribution in [0.3, 0.4) is 0 Å². The molecule has 0 aromatic carbocycles. The molecule has 0 saturated heterocycles. The molecule has 1 unspecified atom stereocenters. The highest BCUT2D eigenvalue weighted by Gasteiger charge is 2.15. The number of hydrogen-bond donors (Lipinski definition) is 0. The first kappa shape index (κ1) is 18.8. The molecule has 122 valence electrons. The van der Waals surface area contributed by atoms with Crippen LogP contribution in [0.25, 0.3) is 0 Å². The summed E-state index contributed by atoms with van der Waals surface area (Å²) in [6.45, 7) is 4.13. The highest BCUT2D eigenvalue weighted by molar-refractivity contribution is 5.12. The van der Waals surface area contributed by atoms with Gasteiger partial charge >= 0.3 is 0 Å². The Morgan fingerprint density at radius 2 is 2.14 bits per heavy atom. The summed E-state index contributed by atoms with van der Waals surface area (Å²) in [4.78, 5) is 0. The molecule has 0 aromatic heterocycles. The summed E-state index contributed by atoms with van der Waals surface area (Å²) in [5, 5.41) is 0. The predicted molar refractivity (Wildman–Crippen MR) is 96.8 cm³/mol. The van der Waals surface area contributed by atoms with Gasteiger partial charge in [-0.25, -0.2) is 0 Å². The zero-order chi connectivity index (χ0) is 16.0. The SMILES string of the molecule is CC#CCC/C=C(\C)CC/C=C/CCC1=CCCCC1OC. The molecule has 0 N–H and O–H groups in total. The van der Waals surface area contributed by atoms with Crippen LogP contribution in [0, 0.1) is 11.8 Å². The van der Waals surface area contributed by atoms with E-state index in [0.29, 0.717) is 6.10 Å². The van der Waals surface area contributed by atoms with Crippen LogP contribution < -0.4 is 0 Å². The Labute approximate surface area is 137 Å². The van der Waals surface area contributed by atoms with E-state index in [9.17, 15) is 0 Å². The fraction of sp³-hybridized carbons (Fsp3) is 0.619. The van der Waals surface area contributed by atoms with E-state index in [1.807, 2.05) is 14.0 Å². The lowest BCUT2D eigenvalue weighted by Crippen LogP contribution is -2.16. The van der Waals surface area contributed by atoms with Crippen molar-refractivity contribution in [1.82, 2.24) is 0 Å². The van der Waals surface area contributed by atoms with Crippen molar-refractivity contribution in [2.45, 2.75) is 77.7 Å². The zero-order valence-corrected chi connectivity index (χ0v) is 14.7. The van der Waals surface area contributed by atoms with Gasteiger partial charge in [-0.1, -0.05) is 29.9 Å². The highest BCUT2D eigenvalue weighted by Crippen LogP contribution is 2.24. The maximum atomic E-state index is 5.56. The van der Waals surface area contributed by atoms with Gasteiger partial charge in [-0.05, 0) is 70.8 Å². The third kappa shape index (κ3) is 8.25. The number of rotatable bonds is 9. The zero-order valence-electron chi connectivity index (χ0n) is 14.7. The van der Waals surface area contributed by atoms with Gasteiger partial charge in [0.1, 0.15) is 0 Å². The Hall–Kier alpha value is -1.26. The summed E-state index contributed by atoms with van der Waals surface area (Å²) >= 11 is 0. The molecule has 0 heterocycles. The molecule has 0 aromatic rings. The fourth-order valence-corrected chi connectivity index (χ4v) is 2.85. The first-order chi connectivity index (χ1) is 10.8. The van der Waals surface area contributed by atoms with E-state index < -0.39 is 0 Å². The lowest BCUT2D eigenvalue weighted by atomic mass is 9.93. The van der Waals surface area contributed by atoms with Gasteiger partial charge in [-0.15, -0.1) is 11.8 Å². The van der Waals surface area contributed by atoms with E-state index in [0.717, 1.165) is 32.1 Å². The van der Waals surface area contributed by atoms with E-state index in [4.69, 9.17) is 4.74 Å². The van der Waals surface area contributed by atoms with Crippen molar-refractivity contribution in [2.24, 2.45) is 0 Å². The van der Waals surface area contributed by atoms with Crippen LogP contribution in [0.4, 0.5) is 0 Å². The minimum Gasteiger partial charge on any atom is -0.377 e. The molecule has 0 amide bonds. The Bertz CT molecular complexity index is 442. The maximum Gasteiger partial charge on any atom is 0.0781 e. The highest BCUT2D eigenvalue weighted by atomic mass is 16.5. The van der Waals surface area contributed by atoms with Crippen LogP contribution >= 0.6 is 0 Å². The molecule has 0 bridgehead atoms. The van der Waals surface area contributed by atoms with Gasteiger partial charge in [0.15, 0.2) is 0 Å². The summed E-state index contributed by atoms with van der Waals surface area (Å²) in [7, 11) is 1.83. The average Bonchev–Trinajstić information content (AvgIpc) is 2.55. The normalized spacial score (nSPS) is 19.0. The minimum atomic E-state index is 0.374. The van der Waals surface area contributed by atoms with Crippen LogP contribution in [0.5, 0.6) is 0 Å². The summed E-state index contributed by atoms with van der Waals surface area (Å²) < 4.78 is 5.56. The Balaban J connectivity index is 2.15. The summed E-state index contributed by atoms with van der Waals surface area (Å²) in [6.07, 6.45) is 20.1. The Morgan fingerprint density at radius 1 is 1.32 bits per heavy atom. The van der Waals surface area contributed by atoms with Crippen molar-refractivity contribution in [3.8, 4) is 11.8 Å². The standard InChI is InChI=1S/C21H32O/c1-4-5-6-9-14-19(2)15-10-7-8-11-16-20-17-12-13-18-21(20)22-3/h7-8,14,17,21H,6,9-13,15-16,18H2,1-3H3/b8-7+,19-14+. The topological polar surface area (TPSA) is 9.23 Å². The van der Waals surface area contributed by atoms with Crippen molar-refractivity contribution < 1.29 is 4.74 Å². The molecule has 0 saturated carbocycles. The van der Waals surface area contributed by atoms with E-state index >= 15 is 0 Å². The van der Waals surface area contributed by atoms with E-state index in [-0.39, 0.29) is 0 Å². The second-order valence-corrected chi connectivity index (χ2v) is 6.00. The van der Waals surface area contributed by atoms with Crippen molar-refractivity contribution in [3.05, 3.63) is 35.5 Å². The molecular formula is C21H32O. The smallest absolute Gasteiger partial charge is 0.0781 e. The number of methoxy groups -OCH3 is 1. The fourth-order valence-electron chi connectivity index (χ4n) is 2.85. The number of hydrogen-bond acceptors (Lipinski definition) is 1. The molecule has 1 aliphatic rings. The lowest BCUT2D eigenvalue weighted by Gasteiger charge is -2.22. The molecule has 0 fully saturated rings. The Kier molecular flexibility index (Phi) is 10.5. The molecular weight excluding hydrogens is 268 g/mol. The molecule has 1 rings (SSSR count). The first-order valence-corrected chi connectivity index (χ1v) is 8.70. The van der Waals surface area contributed by atoms with Gasteiger partial charge in [0.2, 0.25) is 0 Å². The average molecular weight is 300 g/mol. The second-order valence-electron chi connectivity index (χ2n) is 6.00. The molecule has 1 heteroatoms. The van der Waals surface area contributed by atoms with E-state index in [2.05, 4.69) is 43.1 Å². The molecule has 0 spiro atoms. The van der Waals surface area contributed by atoms with Crippen molar-refractivity contribution in [3.63, 3.8) is 0 Å². The maximum absolute atomic E-state index is 5.56. The van der Waals surface area contributed by atoms with Crippen molar-refractivity contribution in [2.75, 3.05) is 7.11 Å². The van der Waals surface area contributed by atoms with Crippen LogP contribution in [-0.2, 0) is 4.74 Å². The number of allylic oxidation sites excluding steroid dienone is 5. The number of ether oxygens (including phenoxy) is 1. The first-order valence-electron chi connectivity index (χ1n) is 8.70. The van der Waals surface area contributed by atoms with Crippen molar-refractivity contribution >= 4 is 0 Å². The summed E-state index contributed by atoms with van der Waals surface area (Å²) in [5.41, 5.74) is 2.99. The monoisotopic (exact) mass is 300 g/mol. The third-order valence-corrected chi connectivity index (χ3v) is 4.19. The largest absolute Gasteiger partial charge is 0.377 e. The summed E-state index contributed by atoms with van der Waals surface area (Å²) in [6, 6.07) is 0. The quantitative estimate of drug-likeness (QED) is 0.289. The molecule has 0 aliphatic heterocycles. The summed E-state index contributed by atoms with van der Waals surface area (Å²) in [5.74, 6) is 6.04. The molecule has 1 atom stereocenters. The van der Waals surface area contributed by atoms with Gasteiger partial charge in [0.05, 0.1) is 6.10 Å². The molecule has 1 aliphatic carbocycles. The minimum absolute atomic E-state index is 0.374. The molecule has 22 heavy (non-hydrogen) atoms. The molecule has 1 nitrogen and oxygen atoms in total. The Morgan fingerprint density at radius 3 is 2.91 bits per heavy atom. The van der Waals surface area contributed by atoms with Crippen LogP contribution in [0.15, 0.2) is 35.5 Å². The number of unbranched alkanes of at least 4 members (excludes halogenated alkanes) is 1. The van der Waals surface area contributed by atoms with Gasteiger partial charge in [-0.2, -0.15) is 0 Å². The van der Waals surface area contributed by atoms with Gasteiger partial charge in [0.25, 0.3) is 0 Å². The van der Waals surface area contributed by atoms with Crippen LogP contribution in [0.1, 0.15) is 71.6 Å². The molecule has 0 radical (unpaired) electrons.